The minimum Gasteiger partial charge on any atom is -0.384 e. The number of aryl methyl sites for hydroxylation is 1. The molecule has 0 bridgehead atoms. The van der Waals surface area contributed by atoms with E-state index in [1.165, 1.54) is 11.1 Å². The van der Waals surface area contributed by atoms with Gasteiger partial charge in [0.15, 0.2) is 0 Å². The van der Waals surface area contributed by atoms with Gasteiger partial charge in [0.1, 0.15) is 11.4 Å². The summed E-state index contributed by atoms with van der Waals surface area (Å²) in [6.07, 6.45) is 5.21. The molecule has 26 heavy (non-hydrogen) atoms. The highest BCUT2D eigenvalue weighted by molar-refractivity contribution is 5.37. The summed E-state index contributed by atoms with van der Waals surface area (Å²) in [5.74, 6) is 0.776. The molecule has 1 aliphatic rings. The second kappa shape index (κ2) is 7.36. The van der Waals surface area contributed by atoms with Crippen molar-refractivity contribution in [2.75, 3.05) is 6.54 Å². The van der Waals surface area contributed by atoms with E-state index < -0.39 is 5.60 Å². The van der Waals surface area contributed by atoms with Crippen molar-refractivity contribution in [2.24, 2.45) is 0 Å². The van der Waals surface area contributed by atoms with E-state index >= 15 is 0 Å². The summed E-state index contributed by atoms with van der Waals surface area (Å²) < 4.78 is 0. The van der Waals surface area contributed by atoms with Crippen LogP contribution in [0.4, 0.5) is 0 Å². The molecule has 1 unspecified atom stereocenters. The first-order chi connectivity index (χ1) is 12.7. The van der Waals surface area contributed by atoms with Crippen LogP contribution in [0, 0.1) is 0 Å². The molecule has 4 rings (SSSR count). The summed E-state index contributed by atoms with van der Waals surface area (Å²) in [5, 5.41) is 11.4. The zero-order valence-corrected chi connectivity index (χ0v) is 14.8. The summed E-state index contributed by atoms with van der Waals surface area (Å²) in [4.78, 5) is 11.0. The Morgan fingerprint density at radius 1 is 0.885 bits per heavy atom. The number of benzene rings is 2. The Balaban J connectivity index is 1.58. The van der Waals surface area contributed by atoms with Crippen LogP contribution in [0.2, 0.25) is 0 Å². The molecule has 0 aliphatic heterocycles. The molecular weight excluding hydrogens is 322 g/mol. The van der Waals surface area contributed by atoms with E-state index in [0.29, 0.717) is 13.1 Å². The first-order valence-electron chi connectivity index (χ1n) is 9.06. The molecule has 0 fully saturated rings. The molecule has 1 N–H and O–H groups in total. The summed E-state index contributed by atoms with van der Waals surface area (Å²) >= 11 is 0. The van der Waals surface area contributed by atoms with Crippen LogP contribution in [0.5, 0.6) is 0 Å². The number of fused-ring (bicyclic) bond motifs is 1. The van der Waals surface area contributed by atoms with E-state index in [-0.39, 0.29) is 0 Å². The number of nitrogens with zero attached hydrogens (tertiary/aromatic N) is 3. The van der Waals surface area contributed by atoms with Crippen molar-refractivity contribution < 1.29 is 5.11 Å². The maximum absolute atomic E-state index is 11.4. The predicted octanol–water partition coefficient (Wildman–Crippen LogP) is 3.31. The second-order valence-electron chi connectivity index (χ2n) is 6.98. The summed E-state index contributed by atoms with van der Waals surface area (Å²) in [7, 11) is 0. The van der Waals surface area contributed by atoms with Gasteiger partial charge >= 0.3 is 0 Å². The molecule has 0 saturated heterocycles. The molecule has 1 aliphatic carbocycles. The number of aromatic nitrogens is 2. The van der Waals surface area contributed by atoms with Crippen LogP contribution in [-0.2, 0) is 25.1 Å². The number of hydrogen-bond acceptors (Lipinski definition) is 4. The second-order valence-corrected chi connectivity index (χ2v) is 6.98. The maximum atomic E-state index is 11.4. The lowest BCUT2D eigenvalue weighted by Gasteiger charge is -2.32. The fourth-order valence-corrected chi connectivity index (χ4v) is 3.82. The quantitative estimate of drug-likeness (QED) is 0.745. The van der Waals surface area contributed by atoms with Gasteiger partial charge in [-0.15, -0.1) is 0 Å². The van der Waals surface area contributed by atoms with Crippen LogP contribution >= 0.6 is 0 Å². The minimum absolute atomic E-state index is 0.567. The van der Waals surface area contributed by atoms with Gasteiger partial charge in [0, 0.05) is 25.5 Å². The largest absolute Gasteiger partial charge is 0.384 e. The molecule has 0 radical (unpaired) electrons. The predicted molar refractivity (Wildman–Crippen MR) is 101 cm³/mol. The van der Waals surface area contributed by atoms with Crippen molar-refractivity contribution in [1.29, 1.82) is 0 Å². The van der Waals surface area contributed by atoms with Crippen LogP contribution in [0.3, 0.4) is 0 Å². The number of aliphatic hydroxyl groups is 1. The molecule has 1 atom stereocenters. The van der Waals surface area contributed by atoms with Gasteiger partial charge in [0.2, 0.25) is 0 Å². The fraction of sp³-hybridized carbons (Fsp3) is 0.273. The highest BCUT2D eigenvalue weighted by Gasteiger charge is 2.38. The fourth-order valence-electron chi connectivity index (χ4n) is 3.82. The van der Waals surface area contributed by atoms with E-state index in [0.717, 1.165) is 30.8 Å². The molecule has 132 valence electrons. The standard InChI is InChI=1S/C22H23N3O/c26-22(12-11-19-9-4-5-10-20(19)22)17-25(15-18-7-2-1-3-8-18)16-21-23-13-6-14-24-21/h1-10,13-14,26H,11-12,15-17H2. The van der Waals surface area contributed by atoms with Crippen molar-refractivity contribution in [3.63, 3.8) is 0 Å². The molecule has 0 amide bonds. The topological polar surface area (TPSA) is 49.2 Å². The highest BCUT2D eigenvalue weighted by Crippen LogP contribution is 2.37. The van der Waals surface area contributed by atoms with Gasteiger partial charge in [0.25, 0.3) is 0 Å². The first-order valence-corrected chi connectivity index (χ1v) is 9.06. The lowest BCUT2D eigenvalue weighted by Crippen LogP contribution is -2.39. The Kier molecular flexibility index (Phi) is 4.78. The Morgan fingerprint density at radius 3 is 2.42 bits per heavy atom. The monoisotopic (exact) mass is 345 g/mol. The van der Waals surface area contributed by atoms with Crippen LogP contribution in [0.1, 0.15) is 28.9 Å². The molecule has 3 aromatic rings. The van der Waals surface area contributed by atoms with Gasteiger partial charge in [0.05, 0.1) is 6.54 Å². The molecular formula is C22H23N3O. The summed E-state index contributed by atoms with van der Waals surface area (Å²) in [6.45, 7) is 1.93. The molecule has 2 aromatic carbocycles. The van der Waals surface area contributed by atoms with E-state index in [1.807, 2.05) is 36.4 Å². The van der Waals surface area contributed by atoms with Gasteiger partial charge in [-0.2, -0.15) is 0 Å². The Hall–Kier alpha value is -2.56. The van der Waals surface area contributed by atoms with Crippen molar-refractivity contribution in [2.45, 2.75) is 31.5 Å². The molecule has 0 saturated carbocycles. The summed E-state index contributed by atoms with van der Waals surface area (Å²) in [6, 6.07) is 20.4. The van der Waals surface area contributed by atoms with Crippen molar-refractivity contribution in [3.05, 3.63) is 95.6 Å². The first kappa shape index (κ1) is 16.9. The van der Waals surface area contributed by atoms with E-state index in [9.17, 15) is 5.11 Å². The molecule has 1 aromatic heterocycles. The van der Waals surface area contributed by atoms with Crippen LogP contribution in [0.15, 0.2) is 73.1 Å². The third-order valence-electron chi connectivity index (χ3n) is 5.05. The van der Waals surface area contributed by atoms with Crippen LogP contribution in [-0.4, -0.2) is 26.5 Å². The minimum atomic E-state index is -0.819. The van der Waals surface area contributed by atoms with Crippen LogP contribution in [0.25, 0.3) is 0 Å². The van der Waals surface area contributed by atoms with E-state index in [1.54, 1.807) is 12.4 Å². The third kappa shape index (κ3) is 3.66. The van der Waals surface area contributed by atoms with Crippen molar-refractivity contribution in [3.8, 4) is 0 Å². The zero-order chi connectivity index (χ0) is 17.8. The average Bonchev–Trinajstić information content (AvgIpc) is 3.00. The Labute approximate surface area is 154 Å². The zero-order valence-electron chi connectivity index (χ0n) is 14.8. The van der Waals surface area contributed by atoms with E-state index in [4.69, 9.17) is 0 Å². The van der Waals surface area contributed by atoms with Gasteiger partial charge in [-0.05, 0) is 35.6 Å². The molecule has 4 heteroatoms. The summed E-state index contributed by atoms with van der Waals surface area (Å²) in [5.41, 5.74) is 2.72. The maximum Gasteiger partial charge on any atom is 0.142 e. The normalized spacial score (nSPS) is 18.8. The number of hydrogen-bond donors (Lipinski definition) is 1. The molecule has 0 spiro atoms. The Morgan fingerprint density at radius 2 is 1.62 bits per heavy atom. The van der Waals surface area contributed by atoms with Gasteiger partial charge in [-0.1, -0.05) is 54.6 Å². The smallest absolute Gasteiger partial charge is 0.142 e. The SMILES string of the molecule is OC1(CN(Cc2ccccc2)Cc2ncccn2)CCc2ccccc21. The lowest BCUT2D eigenvalue weighted by molar-refractivity contribution is -0.00495. The third-order valence-corrected chi connectivity index (χ3v) is 5.05. The van der Waals surface area contributed by atoms with Crippen molar-refractivity contribution in [1.82, 2.24) is 14.9 Å². The van der Waals surface area contributed by atoms with Gasteiger partial charge in [-0.3, -0.25) is 4.90 Å². The number of rotatable bonds is 6. The van der Waals surface area contributed by atoms with E-state index in [2.05, 4.69) is 39.1 Å². The van der Waals surface area contributed by atoms with Crippen molar-refractivity contribution >= 4 is 0 Å². The molecule has 1 heterocycles. The lowest BCUT2D eigenvalue weighted by atomic mass is 9.95. The van der Waals surface area contributed by atoms with Crippen LogP contribution < -0.4 is 0 Å². The average molecular weight is 345 g/mol. The van der Waals surface area contributed by atoms with Gasteiger partial charge < -0.3 is 5.11 Å². The Bertz CT molecular complexity index is 812. The van der Waals surface area contributed by atoms with Gasteiger partial charge in [-0.25, -0.2) is 9.97 Å². The molecule has 4 nitrogen and oxygen atoms in total. The highest BCUT2D eigenvalue weighted by atomic mass is 16.3.